The van der Waals surface area contributed by atoms with E-state index in [0.717, 1.165) is 5.56 Å². The Hall–Kier alpha value is -3.64. The molecule has 0 spiro atoms. The van der Waals surface area contributed by atoms with Crippen LogP contribution in [0.25, 0.3) is 5.65 Å². The summed E-state index contributed by atoms with van der Waals surface area (Å²) in [5, 5.41) is 4.65. The molecule has 2 saturated heterocycles. The first-order valence-electron chi connectivity index (χ1n) is 16.5. The van der Waals surface area contributed by atoms with Crippen LogP contribution in [0.15, 0.2) is 12.3 Å². The topological polar surface area (TPSA) is 119 Å². The summed E-state index contributed by atoms with van der Waals surface area (Å²) in [6.45, 7) is 16.6. The third kappa shape index (κ3) is 7.66. The average molecular weight is 645 g/mol. The molecule has 0 N–H and O–H groups in total. The lowest BCUT2D eigenvalue weighted by atomic mass is 10.0. The lowest BCUT2D eigenvalue weighted by Gasteiger charge is -2.39. The monoisotopic (exact) mass is 644 g/mol. The zero-order valence-corrected chi connectivity index (χ0v) is 28.5. The van der Waals surface area contributed by atoms with E-state index in [0.29, 0.717) is 56.8 Å². The van der Waals surface area contributed by atoms with E-state index in [4.69, 9.17) is 19.2 Å². The number of piperidine rings is 2. The molecule has 0 unspecified atom stereocenters. The van der Waals surface area contributed by atoms with Crippen LogP contribution < -0.4 is 9.64 Å². The number of carbonyl (C=O) groups is 3. The van der Waals surface area contributed by atoms with Gasteiger partial charge < -0.3 is 24.0 Å². The predicted molar refractivity (Wildman–Crippen MR) is 170 cm³/mol. The van der Waals surface area contributed by atoms with Crippen LogP contribution in [0.1, 0.15) is 105 Å². The Balaban J connectivity index is 1.47. The lowest BCUT2D eigenvalue weighted by Crippen LogP contribution is -2.51. The maximum atomic E-state index is 14.6. The maximum absolute atomic E-state index is 14.6. The number of anilines is 1. The molecule has 1 saturated carbocycles. The first-order valence-corrected chi connectivity index (χ1v) is 16.5. The molecule has 3 aliphatic rings. The van der Waals surface area contributed by atoms with Crippen LogP contribution in [0.4, 0.5) is 19.8 Å². The van der Waals surface area contributed by atoms with Crippen molar-refractivity contribution in [1.29, 1.82) is 0 Å². The number of amides is 3. The van der Waals surface area contributed by atoms with E-state index < -0.39 is 28.9 Å². The number of likely N-dealkylation sites (tertiary alicyclic amines) is 2. The molecule has 5 rings (SSSR count). The molecular weight excluding hydrogens is 595 g/mol. The Morgan fingerprint density at radius 3 is 2.22 bits per heavy atom. The smallest absolute Gasteiger partial charge is 0.416 e. The summed E-state index contributed by atoms with van der Waals surface area (Å²) in [5.74, 6) is 0.338. The number of hydrogen-bond donors (Lipinski definition) is 0. The number of nitrogens with zero attached hydrogens (tertiary/aromatic N) is 6. The summed E-state index contributed by atoms with van der Waals surface area (Å²) >= 11 is 0. The molecule has 0 radical (unpaired) electrons. The standard InChI is InChI=1S/C33H49FN6O6/c1-21(2)24-19-35-40-26(18-25(36-27(24)40)44-23-10-9-15-38(20-23)28(41)33(34)13-14-33)39(30(43)46-32(6,7)8)22-11-16-37(17-12-22)29(42)45-31(3,4)5/h18-19,21-23H,9-17,20H2,1-8H3/t23-/m1/s1. The van der Waals surface area contributed by atoms with Crippen LogP contribution in [-0.2, 0) is 14.3 Å². The zero-order chi connectivity index (χ0) is 33.6. The van der Waals surface area contributed by atoms with Crippen molar-refractivity contribution in [3.05, 3.63) is 17.8 Å². The minimum atomic E-state index is -1.73. The largest absolute Gasteiger partial charge is 0.472 e. The minimum Gasteiger partial charge on any atom is -0.472 e. The Labute approximate surface area is 270 Å². The Morgan fingerprint density at radius 1 is 0.978 bits per heavy atom. The van der Waals surface area contributed by atoms with Crippen molar-refractivity contribution in [2.24, 2.45) is 0 Å². The van der Waals surface area contributed by atoms with E-state index in [1.165, 1.54) is 0 Å². The number of alkyl halides is 1. The number of ether oxygens (including phenoxy) is 3. The SMILES string of the molecule is CC(C)c1cnn2c(N(C(=O)OC(C)(C)C)C3CCN(C(=O)OC(C)(C)C)CC3)cc(O[C@@H]3CCCN(C(=O)C4(F)CC4)C3)nc12. The summed E-state index contributed by atoms with van der Waals surface area (Å²) < 4.78 is 34.2. The van der Waals surface area contributed by atoms with Gasteiger partial charge >= 0.3 is 12.2 Å². The average Bonchev–Trinajstić information content (AvgIpc) is 3.55. The summed E-state index contributed by atoms with van der Waals surface area (Å²) in [5.41, 5.74) is -1.69. The number of halogens is 1. The van der Waals surface area contributed by atoms with Crippen molar-refractivity contribution in [3.63, 3.8) is 0 Å². The molecule has 3 fully saturated rings. The van der Waals surface area contributed by atoms with E-state index in [9.17, 15) is 18.8 Å². The number of hydrogen-bond acceptors (Lipinski definition) is 8. The molecule has 1 aliphatic carbocycles. The van der Waals surface area contributed by atoms with Crippen molar-refractivity contribution in [2.75, 3.05) is 31.1 Å². The van der Waals surface area contributed by atoms with Crippen molar-refractivity contribution in [3.8, 4) is 5.88 Å². The predicted octanol–water partition coefficient (Wildman–Crippen LogP) is 5.87. The van der Waals surface area contributed by atoms with Gasteiger partial charge in [-0.15, -0.1) is 0 Å². The highest BCUT2D eigenvalue weighted by molar-refractivity contribution is 5.89. The van der Waals surface area contributed by atoms with E-state index in [-0.39, 0.29) is 49.4 Å². The Kier molecular flexibility index (Phi) is 9.18. The maximum Gasteiger partial charge on any atom is 0.416 e. The lowest BCUT2D eigenvalue weighted by molar-refractivity contribution is -0.140. The molecule has 1 atom stereocenters. The van der Waals surface area contributed by atoms with E-state index >= 15 is 0 Å². The van der Waals surface area contributed by atoms with Crippen LogP contribution in [0.3, 0.4) is 0 Å². The Bertz CT molecular complexity index is 1450. The van der Waals surface area contributed by atoms with Gasteiger partial charge in [0.25, 0.3) is 5.91 Å². The second-order valence-corrected chi connectivity index (χ2v) is 15.1. The molecule has 12 nitrogen and oxygen atoms in total. The quantitative estimate of drug-likeness (QED) is 0.384. The molecule has 2 aromatic heterocycles. The van der Waals surface area contributed by atoms with Gasteiger partial charge in [0.05, 0.1) is 12.7 Å². The van der Waals surface area contributed by atoms with Gasteiger partial charge in [0.2, 0.25) is 5.88 Å². The first-order chi connectivity index (χ1) is 21.4. The van der Waals surface area contributed by atoms with Crippen LogP contribution in [0.2, 0.25) is 0 Å². The molecule has 46 heavy (non-hydrogen) atoms. The molecule has 4 heterocycles. The number of aromatic nitrogens is 3. The second-order valence-electron chi connectivity index (χ2n) is 15.1. The molecule has 0 bridgehead atoms. The molecule has 2 aliphatic heterocycles. The zero-order valence-electron chi connectivity index (χ0n) is 28.5. The normalized spacial score (nSPS) is 20.5. The number of fused-ring (bicyclic) bond motifs is 1. The summed E-state index contributed by atoms with van der Waals surface area (Å²) in [7, 11) is 0. The van der Waals surface area contributed by atoms with Gasteiger partial charge in [-0.2, -0.15) is 14.6 Å². The van der Waals surface area contributed by atoms with Gasteiger partial charge in [0.1, 0.15) is 23.1 Å². The molecule has 254 valence electrons. The van der Waals surface area contributed by atoms with E-state index in [1.807, 2.05) is 55.4 Å². The van der Waals surface area contributed by atoms with Crippen molar-refractivity contribution in [2.45, 2.75) is 129 Å². The van der Waals surface area contributed by atoms with Gasteiger partial charge in [0.15, 0.2) is 11.3 Å². The molecular formula is C33H49FN6O6. The van der Waals surface area contributed by atoms with Gasteiger partial charge in [-0.1, -0.05) is 13.8 Å². The third-order valence-corrected chi connectivity index (χ3v) is 8.42. The molecule has 0 aromatic carbocycles. The second kappa shape index (κ2) is 12.5. The Morgan fingerprint density at radius 2 is 1.63 bits per heavy atom. The van der Waals surface area contributed by atoms with Crippen molar-refractivity contribution >= 4 is 29.6 Å². The van der Waals surface area contributed by atoms with Gasteiger partial charge in [-0.05, 0) is 86.0 Å². The van der Waals surface area contributed by atoms with Gasteiger partial charge in [0, 0.05) is 37.3 Å². The fourth-order valence-corrected chi connectivity index (χ4v) is 5.95. The van der Waals surface area contributed by atoms with Gasteiger partial charge in [-0.25, -0.2) is 14.0 Å². The van der Waals surface area contributed by atoms with Gasteiger partial charge in [-0.3, -0.25) is 9.69 Å². The fourth-order valence-electron chi connectivity index (χ4n) is 5.95. The third-order valence-electron chi connectivity index (χ3n) is 8.42. The molecule has 2 aromatic rings. The van der Waals surface area contributed by atoms with Crippen LogP contribution in [0.5, 0.6) is 5.88 Å². The number of carbonyl (C=O) groups excluding carboxylic acids is 3. The molecule has 3 amide bonds. The fraction of sp³-hybridized carbons (Fsp3) is 0.727. The highest BCUT2D eigenvalue weighted by atomic mass is 19.1. The van der Waals surface area contributed by atoms with Crippen LogP contribution in [-0.4, -0.2) is 97.7 Å². The van der Waals surface area contributed by atoms with Crippen molar-refractivity contribution < 1.29 is 33.0 Å². The van der Waals surface area contributed by atoms with Crippen molar-refractivity contribution in [1.82, 2.24) is 24.4 Å². The van der Waals surface area contributed by atoms with E-state index in [2.05, 4.69) is 5.10 Å². The summed E-state index contributed by atoms with van der Waals surface area (Å²) in [4.78, 5) is 49.2. The highest BCUT2D eigenvalue weighted by Crippen LogP contribution is 2.42. The molecule has 13 heteroatoms. The summed E-state index contributed by atoms with van der Waals surface area (Å²) in [6, 6.07) is 1.37. The number of rotatable bonds is 6. The summed E-state index contributed by atoms with van der Waals surface area (Å²) in [6.07, 6.45) is 3.31. The first kappa shape index (κ1) is 33.7. The van der Waals surface area contributed by atoms with E-state index in [1.54, 1.807) is 31.5 Å². The highest BCUT2D eigenvalue weighted by Gasteiger charge is 2.53. The van der Waals surface area contributed by atoms with Crippen LogP contribution in [0, 0.1) is 0 Å². The minimum absolute atomic E-state index is 0.0854. The van der Waals surface area contributed by atoms with Crippen LogP contribution >= 0.6 is 0 Å².